The first-order valence-electron chi connectivity index (χ1n) is 6.13. The van der Waals surface area contributed by atoms with Gasteiger partial charge in [0.1, 0.15) is 4.90 Å². The van der Waals surface area contributed by atoms with Gasteiger partial charge in [-0.1, -0.05) is 46.1 Å². The summed E-state index contributed by atoms with van der Waals surface area (Å²) in [4.78, 5) is -0.0355. The number of halogens is 3. The zero-order valence-corrected chi connectivity index (χ0v) is 14.7. The highest BCUT2D eigenvalue weighted by molar-refractivity contribution is 9.10. The second-order valence-electron chi connectivity index (χ2n) is 4.99. The third-order valence-corrected chi connectivity index (χ3v) is 6.74. The molecule has 1 aliphatic rings. The molecular weight excluding hydrogens is 387 g/mol. The van der Waals surface area contributed by atoms with Gasteiger partial charge < -0.3 is 5.73 Å². The Bertz CT molecular complexity index is 601. The minimum atomic E-state index is -3.70. The topological polar surface area (TPSA) is 63.4 Å². The van der Waals surface area contributed by atoms with Crippen LogP contribution in [0.25, 0.3) is 0 Å². The van der Waals surface area contributed by atoms with Gasteiger partial charge >= 0.3 is 0 Å². The molecule has 1 aromatic rings. The average molecular weight is 402 g/mol. The number of sulfonamides is 1. The van der Waals surface area contributed by atoms with Crippen molar-refractivity contribution in [2.45, 2.75) is 24.3 Å². The lowest BCUT2D eigenvalue weighted by molar-refractivity contribution is 0.250. The van der Waals surface area contributed by atoms with Crippen LogP contribution in [0.2, 0.25) is 10.0 Å². The highest BCUT2D eigenvalue weighted by Crippen LogP contribution is 2.35. The smallest absolute Gasteiger partial charge is 0.246 e. The Labute approximate surface area is 137 Å². The van der Waals surface area contributed by atoms with Crippen molar-refractivity contribution in [3.8, 4) is 0 Å². The summed E-state index contributed by atoms with van der Waals surface area (Å²) >= 11 is 15.4. The Hall–Kier alpha value is 0.150. The molecule has 0 bridgehead atoms. The van der Waals surface area contributed by atoms with E-state index >= 15 is 0 Å². The summed E-state index contributed by atoms with van der Waals surface area (Å²) in [6, 6.07) is 3.08. The van der Waals surface area contributed by atoms with Crippen LogP contribution in [-0.2, 0) is 10.0 Å². The molecule has 2 atom stereocenters. The van der Waals surface area contributed by atoms with Gasteiger partial charge in [0, 0.05) is 23.6 Å². The van der Waals surface area contributed by atoms with E-state index in [4.69, 9.17) is 28.9 Å². The minimum Gasteiger partial charge on any atom is -0.327 e. The minimum absolute atomic E-state index is 0.0253. The lowest BCUT2D eigenvalue weighted by Crippen LogP contribution is -2.48. The molecule has 1 aliphatic heterocycles. The van der Waals surface area contributed by atoms with Crippen molar-refractivity contribution in [3.05, 3.63) is 26.7 Å². The molecule has 1 aromatic carbocycles. The zero-order chi connectivity index (χ0) is 15.1. The van der Waals surface area contributed by atoms with E-state index in [-0.39, 0.29) is 26.9 Å². The maximum Gasteiger partial charge on any atom is 0.246 e. The Balaban J connectivity index is 2.41. The van der Waals surface area contributed by atoms with E-state index in [1.807, 2.05) is 6.92 Å². The molecule has 0 spiro atoms. The fourth-order valence-electron chi connectivity index (χ4n) is 2.25. The molecule has 0 radical (unpaired) electrons. The fourth-order valence-corrected chi connectivity index (χ4v) is 5.69. The Morgan fingerprint density at radius 2 is 1.90 bits per heavy atom. The predicted molar refractivity (Wildman–Crippen MR) is 84.7 cm³/mol. The molecule has 1 fully saturated rings. The average Bonchev–Trinajstić information content (AvgIpc) is 2.30. The van der Waals surface area contributed by atoms with Crippen molar-refractivity contribution in [2.75, 3.05) is 13.1 Å². The molecule has 0 amide bonds. The van der Waals surface area contributed by atoms with Crippen molar-refractivity contribution in [2.24, 2.45) is 11.7 Å². The quantitative estimate of drug-likeness (QED) is 0.827. The molecule has 2 N–H and O–H groups in total. The summed E-state index contributed by atoms with van der Waals surface area (Å²) in [6.07, 6.45) is 0.631. The maximum atomic E-state index is 12.7. The summed E-state index contributed by atoms with van der Waals surface area (Å²) in [5.74, 6) is 0.103. The van der Waals surface area contributed by atoms with Crippen LogP contribution in [0.15, 0.2) is 21.5 Å². The highest BCUT2D eigenvalue weighted by Gasteiger charge is 2.34. The van der Waals surface area contributed by atoms with Crippen LogP contribution in [0.1, 0.15) is 13.3 Å². The third kappa shape index (κ3) is 3.15. The first kappa shape index (κ1) is 16.5. The molecule has 1 heterocycles. The van der Waals surface area contributed by atoms with E-state index < -0.39 is 10.0 Å². The van der Waals surface area contributed by atoms with Gasteiger partial charge in [-0.25, -0.2) is 8.42 Å². The molecule has 4 nitrogen and oxygen atoms in total. The standard InChI is InChI=1S/C12H15BrCl2N2O2S/c1-7-6-17(3-2-11(7)16)20(18,19)12-9(14)4-8(13)5-10(12)15/h4-5,7,11H,2-3,6,16H2,1H3. The number of nitrogens with two attached hydrogens (primary N) is 1. The van der Waals surface area contributed by atoms with Crippen molar-refractivity contribution in [1.29, 1.82) is 0 Å². The van der Waals surface area contributed by atoms with Crippen LogP contribution in [-0.4, -0.2) is 31.9 Å². The van der Waals surface area contributed by atoms with Crippen molar-refractivity contribution in [3.63, 3.8) is 0 Å². The van der Waals surface area contributed by atoms with Crippen molar-refractivity contribution in [1.82, 2.24) is 4.31 Å². The van der Waals surface area contributed by atoms with Gasteiger partial charge in [0.25, 0.3) is 0 Å². The van der Waals surface area contributed by atoms with Crippen LogP contribution in [0.3, 0.4) is 0 Å². The van der Waals surface area contributed by atoms with E-state index in [0.717, 1.165) is 0 Å². The fraction of sp³-hybridized carbons (Fsp3) is 0.500. The van der Waals surface area contributed by atoms with E-state index in [0.29, 0.717) is 24.0 Å². The van der Waals surface area contributed by atoms with Gasteiger partial charge in [-0.05, 0) is 24.5 Å². The summed E-state index contributed by atoms with van der Waals surface area (Å²) in [6.45, 7) is 2.71. The number of piperidine rings is 1. The molecule has 20 heavy (non-hydrogen) atoms. The van der Waals surface area contributed by atoms with Gasteiger partial charge in [-0.3, -0.25) is 0 Å². The molecule has 8 heteroatoms. The Kier molecular flexibility index (Phi) is 5.04. The van der Waals surface area contributed by atoms with Gasteiger partial charge in [-0.15, -0.1) is 0 Å². The molecule has 0 aromatic heterocycles. The normalized spacial score (nSPS) is 24.9. The number of benzene rings is 1. The largest absolute Gasteiger partial charge is 0.327 e. The van der Waals surface area contributed by atoms with Crippen LogP contribution >= 0.6 is 39.1 Å². The molecule has 0 aliphatic carbocycles. The second-order valence-corrected chi connectivity index (χ2v) is 8.60. The SMILES string of the molecule is CC1CN(S(=O)(=O)c2c(Cl)cc(Br)cc2Cl)CCC1N. The third-order valence-electron chi connectivity index (χ3n) is 3.50. The summed E-state index contributed by atoms with van der Waals surface area (Å²) in [7, 11) is -3.70. The number of hydrogen-bond donors (Lipinski definition) is 1. The number of hydrogen-bond acceptors (Lipinski definition) is 3. The van der Waals surface area contributed by atoms with Gasteiger partial charge in [0.2, 0.25) is 10.0 Å². The molecule has 0 saturated carbocycles. The summed E-state index contributed by atoms with van der Waals surface area (Å²) in [5, 5.41) is 0.235. The van der Waals surface area contributed by atoms with E-state index in [2.05, 4.69) is 15.9 Å². The molecule has 112 valence electrons. The number of nitrogens with zero attached hydrogens (tertiary/aromatic N) is 1. The van der Waals surface area contributed by atoms with Crippen molar-refractivity contribution >= 4 is 49.2 Å². The van der Waals surface area contributed by atoms with Gasteiger partial charge in [0.15, 0.2) is 0 Å². The number of rotatable bonds is 2. The predicted octanol–water partition coefficient (Wildman–Crippen LogP) is 3.11. The van der Waals surface area contributed by atoms with E-state index in [9.17, 15) is 8.42 Å². The second kappa shape index (κ2) is 6.10. The van der Waals surface area contributed by atoms with Crippen LogP contribution < -0.4 is 5.73 Å². The highest BCUT2D eigenvalue weighted by atomic mass is 79.9. The maximum absolute atomic E-state index is 12.7. The monoisotopic (exact) mass is 400 g/mol. The van der Waals surface area contributed by atoms with Crippen LogP contribution in [0, 0.1) is 5.92 Å². The van der Waals surface area contributed by atoms with Crippen LogP contribution in [0.5, 0.6) is 0 Å². The van der Waals surface area contributed by atoms with Gasteiger partial charge in [0.05, 0.1) is 10.0 Å². The lowest BCUT2D eigenvalue weighted by Gasteiger charge is -2.34. The van der Waals surface area contributed by atoms with E-state index in [1.54, 1.807) is 0 Å². The first-order valence-corrected chi connectivity index (χ1v) is 9.12. The van der Waals surface area contributed by atoms with Gasteiger partial charge in [-0.2, -0.15) is 4.31 Å². The molecular formula is C12H15BrCl2N2O2S. The van der Waals surface area contributed by atoms with Crippen LogP contribution in [0.4, 0.5) is 0 Å². The molecule has 2 rings (SSSR count). The Morgan fingerprint density at radius 3 is 2.40 bits per heavy atom. The first-order chi connectivity index (χ1) is 9.23. The van der Waals surface area contributed by atoms with Crippen molar-refractivity contribution < 1.29 is 8.42 Å². The molecule has 1 saturated heterocycles. The molecule has 2 unspecified atom stereocenters. The summed E-state index contributed by atoms with van der Waals surface area (Å²) < 4.78 is 27.4. The van der Waals surface area contributed by atoms with E-state index in [1.165, 1.54) is 16.4 Å². The Morgan fingerprint density at radius 1 is 1.35 bits per heavy atom. The lowest BCUT2D eigenvalue weighted by atomic mass is 9.96. The zero-order valence-electron chi connectivity index (χ0n) is 10.8. The summed E-state index contributed by atoms with van der Waals surface area (Å²) in [5.41, 5.74) is 5.92.